The standard InChI is InChI=1S/C27H31Br2N3O4S/c1-13-12-30-26(37-13)31-22(34)7-4-15-10-21(32-35)27(3)9-8-16-17(23(15)27)5-6-18-19(16)11-20(28)25(24(18)29)36-14(2)33/h11-12,15-17,23,35H,4-10H2,1-3H3,(H,30,31,34)/b32-21+/t15-,16?,17?,23?,27-/m1/s1. The minimum absolute atomic E-state index is 0.0161. The molecule has 2 fully saturated rings. The number of nitrogens with one attached hydrogen (secondary N) is 1. The molecule has 3 aliphatic rings. The van der Waals surface area contributed by atoms with Crippen LogP contribution in [0.15, 0.2) is 26.4 Å². The summed E-state index contributed by atoms with van der Waals surface area (Å²) in [6.45, 7) is 5.64. The van der Waals surface area contributed by atoms with Crippen LogP contribution >= 0.6 is 43.2 Å². The fourth-order valence-corrected chi connectivity index (χ4v) is 9.47. The number of hydrogen-bond donors (Lipinski definition) is 2. The fourth-order valence-electron chi connectivity index (χ4n) is 7.28. The Balaban J connectivity index is 1.40. The van der Waals surface area contributed by atoms with Crippen LogP contribution in [0.4, 0.5) is 5.13 Å². The predicted molar refractivity (Wildman–Crippen MR) is 151 cm³/mol. The molecule has 1 aromatic heterocycles. The van der Waals surface area contributed by atoms with E-state index in [1.807, 2.05) is 6.92 Å². The number of ether oxygens (including phenoxy) is 1. The zero-order valence-corrected chi connectivity index (χ0v) is 25.1. The molecule has 0 radical (unpaired) electrons. The smallest absolute Gasteiger partial charge is 0.308 e. The summed E-state index contributed by atoms with van der Waals surface area (Å²) in [5, 5.41) is 17.3. The first-order chi connectivity index (χ1) is 17.6. The molecule has 198 valence electrons. The van der Waals surface area contributed by atoms with E-state index in [4.69, 9.17) is 4.74 Å². The number of anilines is 1. The lowest BCUT2D eigenvalue weighted by Crippen LogP contribution is -2.44. The molecule has 0 spiro atoms. The number of esters is 1. The summed E-state index contributed by atoms with van der Waals surface area (Å²) in [4.78, 5) is 29.7. The molecule has 5 atom stereocenters. The SMILES string of the molecule is CC(=O)Oc1c(Br)cc2c(c1Br)CCC1C2CC[C@]2(C)/C(=N/O)C[C@@H](CCC(=O)Nc3ncc(C)s3)C12. The van der Waals surface area contributed by atoms with Crippen LogP contribution in [0.2, 0.25) is 0 Å². The van der Waals surface area contributed by atoms with Gasteiger partial charge in [0.1, 0.15) is 0 Å². The van der Waals surface area contributed by atoms with E-state index in [2.05, 4.69) is 60.3 Å². The van der Waals surface area contributed by atoms with Crippen molar-refractivity contribution in [2.24, 2.45) is 28.3 Å². The summed E-state index contributed by atoms with van der Waals surface area (Å²) in [6.07, 6.45) is 7.52. The van der Waals surface area contributed by atoms with Gasteiger partial charge in [0.25, 0.3) is 0 Å². The van der Waals surface area contributed by atoms with Crippen molar-refractivity contribution in [3.05, 3.63) is 37.2 Å². The number of carbonyl (C=O) groups is 2. The summed E-state index contributed by atoms with van der Waals surface area (Å²) in [5.74, 6) is 1.60. The maximum absolute atomic E-state index is 12.7. The molecule has 0 aliphatic heterocycles. The van der Waals surface area contributed by atoms with Crippen molar-refractivity contribution in [1.29, 1.82) is 0 Å². The van der Waals surface area contributed by atoms with E-state index in [0.717, 1.165) is 58.1 Å². The number of amides is 1. The van der Waals surface area contributed by atoms with E-state index in [1.54, 1.807) is 6.20 Å². The second-order valence-electron chi connectivity index (χ2n) is 10.8. The quantitative estimate of drug-likeness (QED) is 0.154. The van der Waals surface area contributed by atoms with Crippen LogP contribution in [0.5, 0.6) is 5.75 Å². The third kappa shape index (κ3) is 4.89. The molecule has 10 heteroatoms. The van der Waals surface area contributed by atoms with Crippen molar-refractivity contribution in [3.63, 3.8) is 0 Å². The van der Waals surface area contributed by atoms with Crippen LogP contribution < -0.4 is 10.1 Å². The van der Waals surface area contributed by atoms with Gasteiger partial charge < -0.3 is 15.3 Å². The first kappa shape index (κ1) is 26.8. The molecule has 5 rings (SSSR count). The Morgan fingerprint density at radius 2 is 2.14 bits per heavy atom. The highest BCUT2D eigenvalue weighted by Crippen LogP contribution is 2.63. The van der Waals surface area contributed by atoms with Crippen molar-refractivity contribution in [1.82, 2.24) is 4.98 Å². The summed E-state index contributed by atoms with van der Waals surface area (Å²) in [6, 6.07) is 2.13. The number of aryl methyl sites for hydroxylation is 1. The Bertz CT molecular complexity index is 1280. The second kappa shape index (κ2) is 10.4. The molecule has 3 unspecified atom stereocenters. The number of hydrogen-bond acceptors (Lipinski definition) is 7. The Morgan fingerprint density at radius 3 is 2.81 bits per heavy atom. The topological polar surface area (TPSA) is 101 Å². The van der Waals surface area contributed by atoms with E-state index < -0.39 is 0 Å². The molecule has 2 saturated carbocycles. The van der Waals surface area contributed by atoms with Crippen molar-refractivity contribution in [3.8, 4) is 5.75 Å². The van der Waals surface area contributed by atoms with Gasteiger partial charge in [-0.05, 0) is 118 Å². The van der Waals surface area contributed by atoms with Gasteiger partial charge in [0.05, 0.1) is 14.7 Å². The molecule has 7 nitrogen and oxygen atoms in total. The fraction of sp³-hybridized carbons (Fsp3) is 0.556. The Kier molecular flexibility index (Phi) is 7.55. The third-order valence-corrected chi connectivity index (χ3v) is 11.0. The van der Waals surface area contributed by atoms with Crippen molar-refractivity contribution in [2.45, 2.75) is 71.6 Å². The van der Waals surface area contributed by atoms with E-state index in [1.165, 1.54) is 29.4 Å². The Labute approximate surface area is 237 Å². The zero-order valence-electron chi connectivity index (χ0n) is 21.1. The van der Waals surface area contributed by atoms with Gasteiger partial charge >= 0.3 is 5.97 Å². The lowest BCUT2D eigenvalue weighted by atomic mass is 9.54. The summed E-state index contributed by atoms with van der Waals surface area (Å²) >= 11 is 8.84. The molecule has 1 amide bonds. The van der Waals surface area contributed by atoms with Gasteiger partial charge in [-0.1, -0.05) is 12.1 Å². The van der Waals surface area contributed by atoms with Crippen LogP contribution in [0, 0.1) is 30.1 Å². The highest BCUT2D eigenvalue weighted by atomic mass is 79.9. The molecule has 37 heavy (non-hydrogen) atoms. The maximum atomic E-state index is 12.7. The number of thiazole rings is 1. The van der Waals surface area contributed by atoms with Crippen LogP contribution in [0.25, 0.3) is 0 Å². The molecule has 2 N–H and O–H groups in total. The van der Waals surface area contributed by atoms with Crippen molar-refractivity contribution in [2.75, 3.05) is 5.32 Å². The first-order valence-electron chi connectivity index (χ1n) is 12.7. The largest absolute Gasteiger partial charge is 0.424 e. The van der Waals surface area contributed by atoms with Crippen molar-refractivity contribution >= 4 is 65.9 Å². The summed E-state index contributed by atoms with van der Waals surface area (Å²) < 4.78 is 7.12. The van der Waals surface area contributed by atoms with Gasteiger partial charge in [-0.25, -0.2) is 4.98 Å². The number of benzene rings is 1. The average Bonchev–Trinajstić information content (AvgIpc) is 3.39. The van der Waals surface area contributed by atoms with E-state index in [9.17, 15) is 14.8 Å². The lowest BCUT2D eigenvalue weighted by molar-refractivity contribution is -0.132. The third-order valence-electron chi connectivity index (χ3n) is 8.73. The molecule has 2 aromatic rings. The van der Waals surface area contributed by atoms with E-state index >= 15 is 0 Å². The summed E-state index contributed by atoms with van der Waals surface area (Å²) in [7, 11) is 0. The number of carbonyl (C=O) groups excluding carboxylic acids is 2. The molecule has 0 bridgehead atoms. The number of oxime groups is 1. The van der Waals surface area contributed by atoms with Gasteiger partial charge in [0.15, 0.2) is 10.9 Å². The van der Waals surface area contributed by atoms with Crippen LogP contribution in [-0.4, -0.2) is 27.8 Å². The molecule has 3 aliphatic carbocycles. The van der Waals surface area contributed by atoms with Gasteiger partial charge in [-0.3, -0.25) is 9.59 Å². The van der Waals surface area contributed by atoms with Crippen LogP contribution in [-0.2, 0) is 16.0 Å². The minimum atomic E-state index is -0.345. The number of aromatic nitrogens is 1. The monoisotopic (exact) mass is 651 g/mol. The first-order valence-corrected chi connectivity index (χ1v) is 15.2. The van der Waals surface area contributed by atoms with Crippen molar-refractivity contribution < 1.29 is 19.5 Å². The van der Waals surface area contributed by atoms with E-state index in [-0.39, 0.29) is 23.2 Å². The molecule has 0 saturated heterocycles. The highest BCUT2D eigenvalue weighted by Gasteiger charge is 2.57. The van der Waals surface area contributed by atoms with Gasteiger partial charge in [-0.2, -0.15) is 0 Å². The van der Waals surface area contributed by atoms with Crippen LogP contribution in [0.1, 0.15) is 74.3 Å². The van der Waals surface area contributed by atoms with Gasteiger partial charge in [0, 0.05) is 29.8 Å². The number of rotatable bonds is 5. The zero-order chi connectivity index (χ0) is 26.5. The average molecular weight is 653 g/mol. The minimum Gasteiger partial charge on any atom is -0.424 e. The predicted octanol–water partition coefficient (Wildman–Crippen LogP) is 7.23. The number of nitrogens with zero attached hydrogens (tertiary/aromatic N) is 2. The van der Waals surface area contributed by atoms with Crippen LogP contribution in [0.3, 0.4) is 0 Å². The molecule has 1 heterocycles. The Hall–Kier alpha value is -1.78. The van der Waals surface area contributed by atoms with E-state index in [0.29, 0.717) is 35.1 Å². The van der Waals surface area contributed by atoms with Gasteiger partial charge in [0.2, 0.25) is 5.91 Å². The summed E-state index contributed by atoms with van der Waals surface area (Å²) in [5.41, 5.74) is 3.24. The maximum Gasteiger partial charge on any atom is 0.308 e. The number of halogens is 2. The number of fused-ring (bicyclic) bond motifs is 5. The lowest BCUT2D eigenvalue weighted by Gasteiger charge is -2.50. The second-order valence-corrected chi connectivity index (χ2v) is 13.7. The molecular formula is C27H31Br2N3O4S. The normalized spacial score (nSPS) is 29.4. The highest BCUT2D eigenvalue weighted by molar-refractivity contribution is 9.11. The molecular weight excluding hydrogens is 622 g/mol. The Morgan fingerprint density at radius 1 is 1.35 bits per heavy atom. The van der Waals surface area contributed by atoms with Gasteiger partial charge in [-0.15, -0.1) is 11.3 Å². The molecule has 1 aromatic carbocycles.